The number of hydrogen-bond acceptors (Lipinski definition) is 5. The monoisotopic (exact) mass is 388 g/mol. The lowest BCUT2D eigenvalue weighted by Crippen LogP contribution is -2.22. The Morgan fingerprint density at radius 3 is 2.66 bits per heavy atom. The number of aryl methyl sites for hydroxylation is 1. The summed E-state index contributed by atoms with van der Waals surface area (Å²) in [6, 6.07) is 10.5. The van der Waals surface area contributed by atoms with Crippen LogP contribution in [0.25, 0.3) is 22.4 Å². The van der Waals surface area contributed by atoms with Crippen molar-refractivity contribution in [2.45, 2.75) is 50.7 Å². The molecule has 2 heterocycles. The molecule has 0 bridgehead atoms. The highest BCUT2D eigenvalue weighted by molar-refractivity contribution is 6.04. The standard InChI is InChI=1S/C23H24N4O2/c28-19-3-1-2-18(13-19)27-14-21(23(25-27)15-8-10-24-11-9-15)17-4-6-20-16(12-17)5-7-22(20)26-29/h4,6,8-12,14,18-19,28-29H,1-3,5,7,13H2/b26-22+/t18-,19?/m0/s1. The molecule has 5 rings (SSSR count). The average Bonchev–Trinajstić information content (AvgIpc) is 3.38. The lowest BCUT2D eigenvalue weighted by Gasteiger charge is -2.26. The molecular weight excluding hydrogens is 364 g/mol. The molecule has 2 N–H and O–H groups in total. The number of aromatic nitrogens is 3. The summed E-state index contributed by atoms with van der Waals surface area (Å²) in [6.45, 7) is 0. The normalized spacial score (nSPS) is 22.7. The van der Waals surface area contributed by atoms with E-state index in [4.69, 9.17) is 5.10 Å². The number of rotatable bonds is 3. The summed E-state index contributed by atoms with van der Waals surface area (Å²) in [7, 11) is 0. The maximum absolute atomic E-state index is 10.1. The molecule has 2 aliphatic rings. The maximum atomic E-state index is 10.1. The number of aliphatic hydroxyl groups excluding tert-OH is 1. The Hall–Kier alpha value is -2.99. The Bertz CT molecular complexity index is 1060. The molecule has 2 aliphatic carbocycles. The highest BCUT2D eigenvalue weighted by Crippen LogP contribution is 2.37. The molecule has 6 nitrogen and oxygen atoms in total. The van der Waals surface area contributed by atoms with Crippen LogP contribution in [0.2, 0.25) is 0 Å². The van der Waals surface area contributed by atoms with Crippen molar-refractivity contribution < 1.29 is 10.3 Å². The van der Waals surface area contributed by atoms with E-state index in [1.807, 2.05) is 22.9 Å². The fourth-order valence-corrected chi connectivity index (χ4v) is 4.63. The van der Waals surface area contributed by atoms with Crippen LogP contribution >= 0.6 is 0 Å². The topological polar surface area (TPSA) is 83.5 Å². The van der Waals surface area contributed by atoms with Gasteiger partial charge in [0, 0.05) is 35.3 Å². The molecule has 3 aromatic rings. The van der Waals surface area contributed by atoms with E-state index in [1.165, 1.54) is 5.56 Å². The van der Waals surface area contributed by atoms with Gasteiger partial charge in [0.1, 0.15) is 5.69 Å². The van der Waals surface area contributed by atoms with Crippen LogP contribution in [0.15, 0.2) is 54.1 Å². The van der Waals surface area contributed by atoms with E-state index < -0.39 is 0 Å². The van der Waals surface area contributed by atoms with E-state index in [-0.39, 0.29) is 12.1 Å². The predicted octanol–water partition coefficient (Wildman–Crippen LogP) is 4.21. The van der Waals surface area contributed by atoms with Crippen LogP contribution in [0.3, 0.4) is 0 Å². The van der Waals surface area contributed by atoms with E-state index in [0.29, 0.717) is 0 Å². The summed E-state index contributed by atoms with van der Waals surface area (Å²) in [5.74, 6) is 0. The lowest BCUT2D eigenvalue weighted by atomic mass is 9.93. The first-order valence-corrected chi connectivity index (χ1v) is 10.2. The Balaban J connectivity index is 1.60. The van der Waals surface area contributed by atoms with Crippen molar-refractivity contribution in [1.29, 1.82) is 0 Å². The van der Waals surface area contributed by atoms with Gasteiger partial charge in [0.25, 0.3) is 0 Å². The molecule has 1 aromatic carbocycles. The van der Waals surface area contributed by atoms with E-state index in [1.54, 1.807) is 12.4 Å². The Morgan fingerprint density at radius 1 is 1.00 bits per heavy atom. The molecule has 0 aliphatic heterocycles. The summed E-state index contributed by atoms with van der Waals surface area (Å²) in [6.07, 6.45) is 10.8. The SMILES string of the molecule is O/N=C1\CCc2cc(-c3cn([C@H]4CCCC(O)C4)nc3-c3ccncc3)ccc21. The number of oxime groups is 1. The molecule has 29 heavy (non-hydrogen) atoms. The van der Waals surface area contributed by atoms with Gasteiger partial charge in [-0.15, -0.1) is 0 Å². The van der Waals surface area contributed by atoms with Gasteiger partial charge in [-0.05, 0) is 61.8 Å². The van der Waals surface area contributed by atoms with Gasteiger partial charge in [0.2, 0.25) is 0 Å². The van der Waals surface area contributed by atoms with Crippen molar-refractivity contribution in [3.8, 4) is 22.4 Å². The van der Waals surface area contributed by atoms with Crippen molar-refractivity contribution in [1.82, 2.24) is 14.8 Å². The summed E-state index contributed by atoms with van der Waals surface area (Å²) in [5.41, 5.74) is 7.14. The Kier molecular flexibility index (Phi) is 4.64. The van der Waals surface area contributed by atoms with Crippen LogP contribution in [-0.4, -0.2) is 36.9 Å². The molecule has 148 valence electrons. The molecule has 0 saturated heterocycles. The Labute approximate surface area is 169 Å². The molecular formula is C23H24N4O2. The molecule has 2 atom stereocenters. The largest absolute Gasteiger partial charge is 0.411 e. The van der Waals surface area contributed by atoms with Gasteiger partial charge in [0.05, 0.1) is 17.9 Å². The van der Waals surface area contributed by atoms with Crippen LogP contribution in [0.1, 0.15) is 49.3 Å². The van der Waals surface area contributed by atoms with Crippen molar-refractivity contribution in [3.63, 3.8) is 0 Å². The molecule has 6 heteroatoms. The van der Waals surface area contributed by atoms with Crippen molar-refractivity contribution in [2.75, 3.05) is 0 Å². The van der Waals surface area contributed by atoms with Gasteiger partial charge in [0.15, 0.2) is 0 Å². The summed E-state index contributed by atoms with van der Waals surface area (Å²) >= 11 is 0. The quantitative estimate of drug-likeness (QED) is 0.520. The highest BCUT2D eigenvalue weighted by Gasteiger charge is 2.25. The number of nitrogens with zero attached hydrogens (tertiary/aromatic N) is 4. The van der Waals surface area contributed by atoms with Gasteiger partial charge in [-0.1, -0.05) is 23.4 Å². The number of aliphatic hydroxyl groups is 1. The third-order valence-corrected chi connectivity index (χ3v) is 6.16. The third-order valence-electron chi connectivity index (χ3n) is 6.16. The fourth-order valence-electron chi connectivity index (χ4n) is 4.63. The summed E-state index contributed by atoms with van der Waals surface area (Å²) < 4.78 is 2.04. The van der Waals surface area contributed by atoms with E-state index >= 15 is 0 Å². The lowest BCUT2D eigenvalue weighted by molar-refractivity contribution is 0.100. The minimum atomic E-state index is -0.248. The number of pyridine rings is 1. The van der Waals surface area contributed by atoms with Crippen molar-refractivity contribution in [3.05, 3.63) is 60.0 Å². The van der Waals surface area contributed by atoms with Crippen LogP contribution in [0.5, 0.6) is 0 Å². The van der Waals surface area contributed by atoms with Crippen LogP contribution in [-0.2, 0) is 6.42 Å². The Morgan fingerprint density at radius 2 is 1.86 bits per heavy atom. The second-order valence-electron chi connectivity index (χ2n) is 8.00. The number of fused-ring (bicyclic) bond motifs is 1. The maximum Gasteiger partial charge on any atom is 0.100 e. The minimum Gasteiger partial charge on any atom is -0.411 e. The molecule has 1 unspecified atom stereocenters. The molecule has 2 aromatic heterocycles. The summed E-state index contributed by atoms with van der Waals surface area (Å²) in [4.78, 5) is 4.14. The highest BCUT2D eigenvalue weighted by atomic mass is 16.4. The van der Waals surface area contributed by atoms with Gasteiger partial charge in [-0.3, -0.25) is 9.67 Å². The van der Waals surface area contributed by atoms with Crippen LogP contribution in [0.4, 0.5) is 0 Å². The first kappa shape index (κ1) is 18.1. The van der Waals surface area contributed by atoms with Gasteiger partial charge < -0.3 is 10.3 Å². The van der Waals surface area contributed by atoms with E-state index in [0.717, 1.165) is 72.2 Å². The first-order chi connectivity index (χ1) is 14.2. The predicted molar refractivity (Wildman–Crippen MR) is 111 cm³/mol. The van der Waals surface area contributed by atoms with E-state index in [9.17, 15) is 10.3 Å². The van der Waals surface area contributed by atoms with Gasteiger partial charge >= 0.3 is 0 Å². The van der Waals surface area contributed by atoms with Crippen LogP contribution < -0.4 is 0 Å². The second-order valence-corrected chi connectivity index (χ2v) is 8.00. The molecule has 1 fully saturated rings. The minimum absolute atomic E-state index is 0.218. The van der Waals surface area contributed by atoms with Crippen molar-refractivity contribution >= 4 is 5.71 Å². The van der Waals surface area contributed by atoms with Gasteiger partial charge in [-0.2, -0.15) is 5.10 Å². The molecule has 0 amide bonds. The number of benzene rings is 1. The molecule has 0 spiro atoms. The van der Waals surface area contributed by atoms with Crippen molar-refractivity contribution in [2.24, 2.45) is 5.16 Å². The third kappa shape index (κ3) is 3.34. The zero-order valence-corrected chi connectivity index (χ0v) is 16.2. The molecule has 0 radical (unpaired) electrons. The smallest absolute Gasteiger partial charge is 0.100 e. The van der Waals surface area contributed by atoms with Crippen LogP contribution in [0, 0.1) is 0 Å². The molecule has 1 saturated carbocycles. The van der Waals surface area contributed by atoms with Gasteiger partial charge in [-0.25, -0.2) is 0 Å². The second kappa shape index (κ2) is 7.44. The van der Waals surface area contributed by atoms with E-state index in [2.05, 4.69) is 28.5 Å². The summed E-state index contributed by atoms with van der Waals surface area (Å²) in [5, 5.41) is 27.7. The zero-order chi connectivity index (χ0) is 19.8. The number of hydrogen-bond donors (Lipinski definition) is 2. The first-order valence-electron chi connectivity index (χ1n) is 10.2. The zero-order valence-electron chi connectivity index (χ0n) is 16.2. The fraction of sp³-hybridized carbons (Fsp3) is 0.348. The average molecular weight is 388 g/mol.